The first-order chi connectivity index (χ1) is 15.0. The Morgan fingerprint density at radius 2 is 1.26 bits per heavy atom. The van der Waals surface area contributed by atoms with Crippen molar-refractivity contribution >= 4 is 34.9 Å². The van der Waals surface area contributed by atoms with Gasteiger partial charge in [0.25, 0.3) is 5.91 Å². The third kappa shape index (κ3) is 4.72. The van der Waals surface area contributed by atoms with Crippen LogP contribution >= 0.6 is 0 Å². The van der Waals surface area contributed by atoms with Crippen LogP contribution in [0, 0.1) is 0 Å². The molecule has 4 amide bonds. The van der Waals surface area contributed by atoms with Gasteiger partial charge in [0, 0.05) is 31.3 Å². The number of carbonyl (C=O) groups excluding carboxylic acids is 3. The molecule has 0 atom stereocenters. The standard InChI is InChI=1S/C24H22N4O3/c1-16(29)25-21-8-4-5-9-22(21)27-23(30)17-10-12-20(13-11-17)26-24(31)28-14-18-6-2-3-7-19(18)15-28/h2-13H,14-15H2,1H3,(H,25,29)(H,26,31)(H,27,30). The molecule has 0 fully saturated rings. The van der Waals surface area contributed by atoms with E-state index in [2.05, 4.69) is 16.0 Å². The van der Waals surface area contributed by atoms with Gasteiger partial charge >= 0.3 is 6.03 Å². The third-order valence-corrected chi connectivity index (χ3v) is 5.01. The van der Waals surface area contributed by atoms with Gasteiger partial charge in [0.1, 0.15) is 0 Å². The Hall–Kier alpha value is -4.13. The van der Waals surface area contributed by atoms with Gasteiger partial charge in [0.05, 0.1) is 11.4 Å². The molecule has 7 heteroatoms. The molecule has 3 N–H and O–H groups in total. The minimum Gasteiger partial charge on any atom is -0.325 e. The molecule has 7 nitrogen and oxygen atoms in total. The second-order valence-electron chi connectivity index (χ2n) is 7.31. The summed E-state index contributed by atoms with van der Waals surface area (Å²) in [5.41, 5.74) is 4.39. The fraction of sp³-hybridized carbons (Fsp3) is 0.125. The summed E-state index contributed by atoms with van der Waals surface area (Å²) in [7, 11) is 0. The Kier molecular flexibility index (Phi) is 5.66. The van der Waals surface area contributed by atoms with Gasteiger partial charge in [0.2, 0.25) is 5.91 Å². The number of benzene rings is 3. The molecule has 3 aromatic rings. The van der Waals surface area contributed by atoms with Crippen molar-refractivity contribution in [2.75, 3.05) is 16.0 Å². The van der Waals surface area contributed by atoms with Crippen molar-refractivity contribution < 1.29 is 14.4 Å². The Morgan fingerprint density at radius 3 is 1.84 bits per heavy atom. The van der Waals surface area contributed by atoms with Crippen LogP contribution in [0.4, 0.5) is 21.9 Å². The van der Waals surface area contributed by atoms with Crippen molar-refractivity contribution in [3.63, 3.8) is 0 Å². The van der Waals surface area contributed by atoms with E-state index in [0.29, 0.717) is 35.7 Å². The van der Waals surface area contributed by atoms with Crippen LogP contribution in [0.1, 0.15) is 28.4 Å². The van der Waals surface area contributed by atoms with Crippen LogP contribution in [0.2, 0.25) is 0 Å². The zero-order chi connectivity index (χ0) is 21.8. The smallest absolute Gasteiger partial charge is 0.322 e. The van der Waals surface area contributed by atoms with E-state index in [-0.39, 0.29) is 17.8 Å². The fourth-order valence-electron chi connectivity index (χ4n) is 3.47. The van der Waals surface area contributed by atoms with Crippen LogP contribution in [0.15, 0.2) is 72.8 Å². The van der Waals surface area contributed by atoms with Crippen molar-refractivity contribution in [2.24, 2.45) is 0 Å². The molecule has 3 aromatic carbocycles. The first kappa shape index (κ1) is 20.2. The number of fused-ring (bicyclic) bond motifs is 1. The summed E-state index contributed by atoms with van der Waals surface area (Å²) >= 11 is 0. The fourth-order valence-corrected chi connectivity index (χ4v) is 3.47. The summed E-state index contributed by atoms with van der Waals surface area (Å²) in [6.45, 7) is 2.57. The topological polar surface area (TPSA) is 90.5 Å². The molecule has 0 spiro atoms. The van der Waals surface area contributed by atoms with Crippen molar-refractivity contribution in [1.29, 1.82) is 0 Å². The molecule has 31 heavy (non-hydrogen) atoms. The van der Waals surface area contributed by atoms with E-state index in [1.54, 1.807) is 53.4 Å². The van der Waals surface area contributed by atoms with E-state index in [1.807, 2.05) is 24.3 Å². The molecular weight excluding hydrogens is 392 g/mol. The van der Waals surface area contributed by atoms with Crippen LogP contribution < -0.4 is 16.0 Å². The van der Waals surface area contributed by atoms with Crippen molar-refractivity contribution in [1.82, 2.24) is 4.90 Å². The maximum Gasteiger partial charge on any atom is 0.322 e. The molecule has 1 heterocycles. The van der Waals surface area contributed by atoms with Gasteiger partial charge in [0.15, 0.2) is 0 Å². The summed E-state index contributed by atoms with van der Waals surface area (Å²) < 4.78 is 0. The SMILES string of the molecule is CC(=O)Nc1ccccc1NC(=O)c1ccc(NC(=O)N2Cc3ccccc3C2)cc1. The number of carbonyl (C=O) groups is 3. The summed E-state index contributed by atoms with van der Waals surface area (Å²) in [6, 6.07) is 21.5. The highest BCUT2D eigenvalue weighted by atomic mass is 16.2. The first-order valence-corrected chi connectivity index (χ1v) is 9.90. The lowest BCUT2D eigenvalue weighted by Gasteiger charge is -2.16. The van der Waals surface area contributed by atoms with Gasteiger partial charge in [-0.2, -0.15) is 0 Å². The number of hydrogen-bond donors (Lipinski definition) is 3. The number of urea groups is 1. The van der Waals surface area contributed by atoms with Gasteiger partial charge in [-0.05, 0) is 47.5 Å². The molecule has 0 radical (unpaired) electrons. The third-order valence-electron chi connectivity index (χ3n) is 5.01. The van der Waals surface area contributed by atoms with Crippen LogP contribution in [0.25, 0.3) is 0 Å². The normalized spacial score (nSPS) is 12.1. The Bertz CT molecular complexity index is 1120. The van der Waals surface area contributed by atoms with Gasteiger partial charge in [-0.1, -0.05) is 36.4 Å². The molecule has 4 rings (SSSR count). The highest BCUT2D eigenvalue weighted by molar-refractivity contribution is 6.07. The lowest BCUT2D eigenvalue weighted by atomic mass is 10.1. The predicted molar refractivity (Wildman–Crippen MR) is 120 cm³/mol. The minimum atomic E-state index is -0.314. The molecule has 0 saturated heterocycles. The summed E-state index contributed by atoms with van der Waals surface area (Å²) in [5.74, 6) is -0.534. The molecule has 1 aliphatic rings. The van der Waals surface area contributed by atoms with E-state index in [0.717, 1.165) is 11.1 Å². The summed E-state index contributed by atoms with van der Waals surface area (Å²) in [4.78, 5) is 38.3. The lowest BCUT2D eigenvalue weighted by molar-refractivity contribution is -0.114. The number of anilines is 3. The van der Waals surface area contributed by atoms with Gasteiger partial charge in [-0.3, -0.25) is 9.59 Å². The molecule has 0 unspecified atom stereocenters. The number of nitrogens with zero attached hydrogens (tertiary/aromatic N) is 1. The average molecular weight is 414 g/mol. The van der Waals surface area contributed by atoms with Crippen LogP contribution in [0.5, 0.6) is 0 Å². The zero-order valence-corrected chi connectivity index (χ0v) is 17.0. The Labute approximate surface area is 180 Å². The average Bonchev–Trinajstić information content (AvgIpc) is 3.20. The second kappa shape index (κ2) is 8.71. The van der Waals surface area contributed by atoms with Crippen molar-refractivity contribution in [2.45, 2.75) is 20.0 Å². The maximum atomic E-state index is 12.6. The number of amides is 4. The molecule has 0 aromatic heterocycles. The number of hydrogen-bond acceptors (Lipinski definition) is 3. The molecule has 1 aliphatic heterocycles. The quantitative estimate of drug-likeness (QED) is 0.589. The number of para-hydroxylation sites is 2. The van der Waals surface area contributed by atoms with Crippen LogP contribution in [-0.2, 0) is 17.9 Å². The summed E-state index contributed by atoms with van der Waals surface area (Å²) in [5, 5.41) is 8.36. The predicted octanol–water partition coefficient (Wildman–Crippen LogP) is 4.45. The maximum absolute atomic E-state index is 12.6. The van der Waals surface area contributed by atoms with Crippen molar-refractivity contribution in [3.05, 3.63) is 89.5 Å². The van der Waals surface area contributed by atoms with Gasteiger partial charge < -0.3 is 20.9 Å². The molecule has 0 saturated carbocycles. The lowest BCUT2D eigenvalue weighted by Crippen LogP contribution is -2.30. The Balaban J connectivity index is 1.38. The molecular formula is C24H22N4O3. The summed E-state index contributed by atoms with van der Waals surface area (Å²) in [6.07, 6.45) is 0. The number of nitrogens with one attached hydrogen (secondary N) is 3. The molecule has 0 aliphatic carbocycles. The zero-order valence-electron chi connectivity index (χ0n) is 17.0. The monoisotopic (exact) mass is 414 g/mol. The van der Waals surface area contributed by atoms with E-state index in [9.17, 15) is 14.4 Å². The number of rotatable bonds is 4. The highest BCUT2D eigenvalue weighted by Crippen LogP contribution is 2.24. The van der Waals surface area contributed by atoms with E-state index >= 15 is 0 Å². The Morgan fingerprint density at radius 1 is 0.710 bits per heavy atom. The van der Waals surface area contributed by atoms with E-state index in [4.69, 9.17) is 0 Å². The second-order valence-corrected chi connectivity index (χ2v) is 7.31. The van der Waals surface area contributed by atoms with E-state index in [1.165, 1.54) is 6.92 Å². The minimum absolute atomic E-state index is 0.183. The largest absolute Gasteiger partial charge is 0.325 e. The van der Waals surface area contributed by atoms with Crippen LogP contribution in [0.3, 0.4) is 0 Å². The highest BCUT2D eigenvalue weighted by Gasteiger charge is 2.22. The first-order valence-electron chi connectivity index (χ1n) is 9.90. The molecule has 0 bridgehead atoms. The molecule has 156 valence electrons. The van der Waals surface area contributed by atoms with Crippen molar-refractivity contribution in [3.8, 4) is 0 Å². The van der Waals surface area contributed by atoms with Gasteiger partial charge in [-0.15, -0.1) is 0 Å². The van der Waals surface area contributed by atoms with Gasteiger partial charge in [-0.25, -0.2) is 4.79 Å². The van der Waals surface area contributed by atoms with Crippen LogP contribution in [-0.4, -0.2) is 22.7 Å². The van der Waals surface area contributed by atoms with E-state index < -0.39 is 0 Å².